The van der Waals surface area contributed by atoms with E-state index < -0.39 is 12.1 Å². The Balaban J connectivity index is 1.91. The van der Waals surface area contributed by atoms with Crippen LogP contribution in [0.2, 0.25) is 5.02 Å². The summed E-state index contributed by atoms with van der Waals surface area (Å²) in [6.07, 6.45) is 0. The van der Waals surface area contributed by atoms with Gasteiger partial charge in [0.05, 0.1) is 0 Å². The Morgan fingerprint density at radius 2 is 1.64 bits per heavy atom. The molecule has 0 saturated carbocycles. The van der Waals surface area contributed by atoms with Gasteiger partial charge in [0, 0.05) is 17.3 Å². The molecule has 0 spiro atoms. The van der Waals surface area contributed by atoms with Crippen LogP contribution in [0.15, 0.2) is 54.6 Å². The summed E-state index contributed by atoms with van der Waals surface area (Å²) in [6, 6.07) is 15.3. The largest absolute Gasteiger partial charge is 0.350 e. The first-order valence-corrected chi connectivity index (χ1v) is 8.48. The first-order valence-electron chi connectivity index (χ1n) is 8.10. The lowest BCUT2D eigenvalue weighted by Gasteiger charge is -2.22. The molecule has 1 atom stereocenters. The number of urea groups is 1. The topological polar surface area (TPSA) is 70.2 Å². The third-order valence-corrected chi connectivity index (χ3v) is 3.90. The Labute approximate surface area is 152 Å². The van der Waals surface area contributed by atoms with Crippen molar-refractivity contribution >= 4 is 29.2 Å². The predicted octanol–water partition coefficient (Wildman–Crippen LogP) is 3.80. The van der Waals surface area contributed by atoms with E-state index in [9.17, 15) is 9.59 Å². The number of amides is 3. The molecule has 132 valence electrons. The van der Waals surface area contributed by atoms with Crippen LogP contribution in [0.4, 0.5) is 10.5 Å². The van der Waals surface area contributed by atoms with Crippen LogP contribution in [0.3, 0.4) is 0 Å². The summed E-state index contributed by atoms with van der Waals surface area (Å²) in [5.74, 6) is -0.278. The minimum absolute atomic E-state index is 0.0493. The van der Waals surface area contributed by atoms with E-state index in [2.05, 4.69) is 16.0 Å². The molecule has 2 aromatic rings. The van der Waals surface area contributed by atoms with Gasteiger partial charge < -0.3 is 16.0 Å². The summed E-state index contributed by atoms with van der Waals surface area (Å²) in [4.78, 5) is 24.6. The molecular formula is C19H22ClN3O2. The minimum Gasteiger partial charge on any atom is -0.350 e. The van der Waals surface area contributed by atoms with Crippen molar-refractivity contribution in [2.45, 2.75) is 26.4 Å². The number of nitrogens with one attached hydrogen (secondary N) is 3. The lowest BCUT2D eigenvalue weighted by molar-refractivity contribution is -0.124. The maximum absolute atomic E-state index is 12.4. The van der Waals surface area contributed by atoms with Gasteiger partial charge in [0.15, 0.2) is 0 Å². The molecule has 0 saturated heterocycles. The van der Waals surface area contributed by atoms with Crippen molar-refractivity contribution in [1.29, 1.82) is 0 Å². The van der Waals surface area contributed by atoms with E-state index in [-0.39, 0.29) is 11.8 Å². The van der Waals surface area contributed by atoms with Crippen LogP contribution in [-0.2, 0) is 11.3 Å². The van der Waals surface area contributed by atoms with Gasteiger partial charge in [-0.25, -0.2) is 4.79 Å². The molecule has 0 bridgehead atoms. The lowest BCUT2D eigenvalue weighted by Crippen LogP contribution is -2.50. The normalized spacial score (nSPS) is 11.7. The fraction of sp³-hybridized carbons (Fsp3) is 0.263. The molecule has 6 heteroatoms. The number of carbonyl (C=O) groups is 2. The highest BCUT2D eigenvalue weighted by Gasteiger charge is 2.23. The van der Waals surface area contributed by atoms with Gasteiger partial charge in [-0.3, -0.25) is 4.79 Å². The number of carbonyl (C=O) groups excluding carboxylic acids is 2. The highest BCUT2D eigenvalue weighted by Crippen LogP contribution is 2.10. The van der Waals surface area contributed by atoms with Crippen molar-refractivity contribution in [3.05, 3.63) is 65.2 Å². The van der Waals surface area contributed by atoms with Crippen LogP contribution >= 0.6 is 11.6 Å². The third-order valence-electron chi connectivity index (χ3n) is 3.65. The molecule has 2 aromatic carbocycles. The Kier molecular flexibility index (Phi) is 6.83. The average Bonchev–Trinajstić information content (AvgIpc) is 2.59. The zero-order chi connectivity index (χ0) is 18.2. The minimum atomic E-state index is -0.629. The van der Waals surface area contributed by atoms with E-state index in [1.807, 2.05) is 44.2 Å². The standard InChI is InChI=1S/C19H22ClN3O2/c1-13(2)17(23-19(25)22-16-6-4-3-5-7-16)18(24)21-12-14-8-10-15(20)11-9-14/h3-11,13,17H,12H2,1-2H3,(H,21,24)(H2,22,23,25). The van der Waals surface area contributed by atoms with Gasteiger partial charge in [-0.15, -0.1) is 0 Å². The monoisotopic (exact) mass is 359 g/mol. The summed E-state index contributed by atoms with van der Waals surface area (Å²) in [5, 5.41) is 8.94. The lowest BCUT2D eigenvalue weighted by atomic mass is 10.0. The highest BCUT2D eigenvalue weighted by molar-refractivity contribution is 6.30. The first-order chi connectivity index (χ1) is 12.0. The third kappa shape index (κ3) is 6.12. The van der Waals surface area contributed by atoms with E-state index in [1.165, 1.54) is 0 Å². The van der Waals surface area contributed by atoms with Crippen LogP contribution in [0.5, 0.6) is 0 Å². The van der Waals surface area contributed by atoms with Gasteiger partial charge in [0.1, 0.15) is 6.04 Å². The first kappa shape index (κ1) is 18.8. The Bertz CT molecular complexity index is 702. The van der Waals surface area contributed by atoms with Crippen molar-refractivity contribution in [3.63, 3.8) is 0 Å². The van der Waals surface area contributed by atoms with Crippen molar-refractivity contribution in [2.24, 2.45) is 5.92 Å². The summed E-state index contributed by atoms with van der Waals surface area (Å²) in [7, 11) is 0. The Morgan fingerprint density at radius 3 is 2.24 bits per heavy atom. The number of hydrogen-bond donors (Lipinski definition) is 3. The molecule has 0 fully saturated rings. The number of anilines is 1. The van der Waals surface area contributed by atoms with E-state index in [0.29, 0.717) is 17.3 Å². The van der Waals surface area contributed by atoms with E-state index in [1.54, 1.807) is 24.3 Å². The van der Waals surface area contributed by atoms with Crippen LogP contribution in [-0.4, -0.2) is 18.0 Å². The second kappa shape index (κ2) is 9.08. The number of hydrogen-bond acceptors (Lipinski definition) is 2. The fourth-order valence-electron chi connectivity index (χ4n) is 2.27. The number of halogens is 1. The molecule has 1 unspecified atom stereocenters. The molecule has 3 N–H and O–H groups in total. The molecule has 5 nitrogen and oxygen atoms in total. The summed E-state index contributed by atoms with van der Waals surface area (Å²) < 4.78 is 0. The maximum Gasteiger partial charge on any atom is 0.319 e. The van der Waals surface area contributed by atoms with Crippen molar-refractivity contribution in [2.75, 3.05) is 5.32 Å². The van der Waals surface area contributed by atoms with Gasteiger partial charge in [-0.2, -0.15) is 0 Å². The predicted molar refractivity (Wildman–Crippen MR) is 101 cm³/mol. The van der Waals surface area contributed by atoms with Gasteiger partial charge in [0.25, 0.3) is 0 Å². The molecule has 25 heavy (non-hydrogen) atoms. The van der Waals surface area contributed by atoms with E-state index in [4.69, 9.17) is 11.6 Å². The second-order valence-corrected chi connectivity index (χ2v) is 6.47. The number of benzene rings is 2. The van der Waals surface area contributed by atoms with Gasteiger partial charge in [0.2, 0.25) is 5.91 Å². The summed E-state index contributed by atoms with van der Waals surface area (Å²) >= 11 is 5.85. The van der Waals surface area contributed by atoms with Gasteiger partial charge in [-0.1, -0.05) is 55.8 Å². The SMILES string of the molecule is CC(C)C(NC(=O)Nc1ccccc1)C(=O)NCc1ccc(Cl)cc1. The zero-order valence-corrected chi connectivity index (χ0v) is 15.0. The van der Waals surface area contributed by atoms with E-state index in [0.717, 1.165) is 5.56 Å². The molecule has 0 radical (unpaired) electrons. The average molecular weight is 360 g/mol. The number of rotatable bonds is 6. The van der Waals surface area contributed by atoms with Crippen molar-refractivity contribution in [3.8, 4) is 0 Å². The van der Waals surface area contributed by atoms with Gasteiger partial charge in [-0.05, 0) is 35.7 Å². The smallest absolute Gasteiger partial charge is 0.319 e. The quantitative estimate of drug-likeness (QED) is 0.734. The molecule has 0 aliphatic carbocycles. The Hall–Kier alpha value is -2.53. The van der Waals surface area contributed by atoms with E-state index >= 15 is 0 Å². The molecule has 2 rings (SSSR count). The van der Waals surface area contributed by atoms with Crippen LogP contribution in [0.25, 0.3) is 0 Å². The van der Waals surface area contributed by atoms with Crippen LogP contribution in [0, 0.1) is 5.92 Å². The highest BCUT2D eigenvalue weighted by atomic mass is 35.5. The molecule has 0 aliphatic heterocycles. The Morgan fingerprint density at radius 1 is 1.00 bits per heavy atom. The number of para-hydroxylation sites is 1. The maximum atomic E-state index is 12.4. The van der Waals surface area contributed by atoms with Crippen molar-refractivity contribution in [1.82, 2.24) is 10.6 Å². The molecule has 0 aliphatic rings. The summed E-state index contributed by atoms with van der Waals surface area (Å²) in [5.41, 5.74) is 1.61. The van der Waals surface area contributed by atoms with Crippen molar-refractivity contribution < 1.29 is 9.59 Å². The molecule has 0 heterocycles. The molecular weight excluding hydrogens is 338 g/mol. The summed E-state index contributed by atoms with van der Waals surface area (Å²) in [6.45, 7) is 4.14. The van der Waals surface area contributed by atoms with Crippen LogP contribution in [0.1, 0.15) is 19.4 Å². The second-order valence-electron chi connectivity index (χ2n) is 6.03. The fourth-order valence-corrected chi connectivity index (χ4v) is 2.39. The van der Waals surface area contributed by atoms with Gasteiger partial charge >= 0.3 is 6.03 Å². The van der Waals surface area contributed by atoms with Crippen LogP contribution < -0.4 is 16.0 Å². The molecule has 3 amide bonds. The molecule has 0 aromatic heterocycles. The zero-order valence-electron chi connectivity index (χ0n) is 14.3.